The second kappa shape index (κ2) is 10.2. The quantitative estimate of drug-likeness (QED) is 0.476. The van der Waals surface area contributed by atoms with Crippen molar-refractivity contribution in [1.29, 1.82) is 0 Å². The molecule has 35 heavy (non-hydrogen) atoms. The Hall–Kier alpha value is -3.18. The molecule has 11 heteroatoms. The summed E-state index contributed by atoms with van der Waals surface area (Å²) in [6, 6.07) is 2.90. The first-order chi connectivity index (χ1) is 17.0. The standard InChI is InChI=1S/C24H27FN6O3S/c1-14(16-10-17(25)12-26-11-16)27-24-28-19-7-9-35-21(19)20(29-24)23(33)31-8-6-15(13-31)22(32)30-34-18-4-2-3-5-18/h7,9-12,14-15,18H,2-6,8,13H2,1H3,(H,30,32)(H,27,28,29)/t14-,15?/m0/s1. The van der Waals surface area contributed by atoms with E-state index in [-0.39, 0.29) is 35.8 Å². The number of carbonyl (C=O) groups excluding carboxylic acids is 2. The van der Waals surface area contributed by atoms with E-state index in [2.05, 4.69) is 25.7 Å². The molecule has 184 valence electrons. The maximum Gasteiger partial charge on any atom is 0.274 e. The number of hydroxylamine groups is 1. The number of amides is 2. The van der Waals surface area contributed by atoms with Crippen molar-refractivity contribution in [3.05, 3.63) is 47.0 Å². The highest BCUT2D eigenvalue weighted by molar-refractivity contribution is 7.17. The average Bonchev–Trinajstić information content (AvgIpc) is 3.63. The largest absolute Gasteiger partial charge is 0.348 e. The molecular weight excluding hydrogens is 471 g/mol. The molecule has 2 fully saturated rings. The molecule has 4 heterocycles. The van der Waals surface area contributed by atoms with Crippen LogP contribution in [0.5, 0.6) is 0 Å². The van der Waals surface area contributed by atoms with Crippen molar-refractivity contribution in [1.82, 2.24) is 25.3 Å². The number of nitrogens with one attached hydrogen (secondary N) is 2. The normalized spacial score (nSPS) is 19.3. The predicted molar refractivity (Wildman–Crippen MR) is 129 cm³/mol. The van der Waals surface area contributed by atoms with Crippen LogP contribution in [-0.2, 0) is 9.63 Å². The molecule has 0 spiro atoms. The predicted octanol–water partition coefficient (Wildman–Crippen LogP) is 3.85. The monoisotopic (exact) mass is 498 g/mol. The highest BCUT2D eigenvalue weighted by Gasteiger charge is 2.34. The van der Waals surface area contributed by atoms with E-state index in [1.54, 1.807) is 11.1 Å². The van der Waals surface area contributed by atoms with Gasteiger partial charge in [-0.15, -0.1) is 11.3 Å². The summed E-state index contributed by atoms with van der Waals surface area (Å²) in [6.45, 7) is 2.62. The number of fused-ring (bicyclic) bond motifs is 1. The molecular formula is C24H27FN6O3S. The number of nitrogens with zero attached hydrogens (tertiary/aromatic N) is 4. The van der Waals surface area contributed by atoms with Crippen molar-refractivity contribution < 1.29 is 18.8 Å². The van der Waals surface area contributed by atoms with Crippen LogP contribution in [0.2, 0.25) is 0 Å². The van der Waals surface area contributed by atoms with E-state index in [1.807, 2.05) is 18.4 Å². The number of anilines is 1. The van der Waals surface area contributed by atoms with Crippen LogP contribution in [0, 0.1) is 11.7 Å². The zero-order valence-corrected chi connectivity index (χ0v) is 20.2. The van der Waals surface area contributed by atoms with Gasteiger partial charge in [0.2, 0.25) is 11.9 Å². The van der Waals surface area contributed by atoms with Crippen LogP contribution in [0.15, 0.2) is 29.9 Å². The zero-order chi connectivity index (χ0) is 24.4. The first kappa shape index (κ1) is 23.6. The highest BCUT2D eigenvalue weighted by Crippen LogP contribution is 2.28. The van der Waals surface area contributed by atoms with Gasteiger partial charge >= 0.3 is 0 Å². The van der Waals surface area contributed by atoms with E-state index < -0.39 is 5.82 Å². The third-order valence-electron chi connectivity index (χ3n) is 6.55. The van der Waals surface area contributed by atoms with Gasteiger partial charge in [0.25, 0.3) is 5.91 Å². The fraction of sp³-hybridized carbons (Fsp3) is 0.458. The van der Waals surface area contributed by atoms with E-state index >= 15 is 0 Å². The molecule has 2 atom stereocenters. The van der Waals surface area contributed by atoms with Crippen LogP contribution in [0.3, 0.4) is 0 Å². The minimum Gasteiger partial charge on any atom is -0.348 e. The Morgan fingerprint density at radius 1 is 1.23 bits per heavy atom. The number of hydrogen-bond acceptors (Lipinski definition) is 8. The smallest absolute Gasteiger partial charge is 0.274 e. The van der Waals surface area contributed by atoms with Gasteiger partial charge in [0.05, 0.1) is 34.5 Å². The second-order valence-corrected chi connectivity index (χ2v) is 9.98. The van der Waals surface area contributed by atoms with Gasteiger partial charge in [-0.05, 0) is 49.3 Å². The third kappa shape index (κ3) is 5.25. The molecule has 0 aromatic carbocycles. The maximum atomic E-state index is 13.6. The first-order valence-electron chi connectivity index (χ1n) is 11.8. The van der Waals surface area contributed by atoms with Gasteiger partial charge in [-0.2, -0.15) is 0 Å². The van der Waals surface area contributed by atoms with Gasteiger partial charge in [-0.25, -0.2) is 19.8 Å². The van der Waals surface area contributed by atoms with Crippen LogP contribution in [0.25, 0.3) is 10.2 Å². The summed E-state index contributed by atoms with van der Waals surface area (Å²) in [5, 5.41) is 5.01. The van der Waals surface area contributed by atoms with E-state index in [9.17, 15) is 14.0 Å². The Balaban J connectivity index is 1.28. The molecule has 1 aliphatic carbocycles. The molecule has 1 unspecified atom stereocenters. The molecule has 2 aliphatic rings. The Morgan fingerprint density at radius 2 is 2.06 bits per heavy atom. The zero-order valence-electron chi connectivity index (χ0n) is 19.4. The first-order valence-corrected chi connectivity index (χ1v) is 12.7. The van der Waals surface area contributed by atoms with Gasteiger partial charge in [0.1, 0.15) is 5.82 Å². The van der Waals surface area contributed by atoms with Gasteiger partial charge in [0.15, 0.2) is 5.69 Å². The number of thiophene rings is 1. The fourth-order valence-electron chi connectivity index (χ4n) is 4.55. The lowest BCUT2D eigenvalue weighted by molar-refractivity contribution is -0.141. The molecule has 0 radical (unpaired) electrons. The maximum absolute atomic E-state index is 13.6. The lowest BCUT2D eigenvalue weighted by Gasteiger charge is -2.18. The molecule has 5 rings (SSSR count). The van der Waals surface area contributed by atoms with Crippen LogP contribution < -0.4 is 10.8 Å². The molecule has 1 saturated carbocycles. The molecule has 1 saturated heterocycles. The summed E-state index contributed by atoms with van der Waals surface area (Å²) >= 11 is 1.40. The van der Waals surface area contributed by atoms with E-state index in [0.29, 0.717) is 41.0 Å². The number of rotatable bonds is 7. The highest BCUT2D eigenvalue weighted by atomic mass is 32.1. The molecule has 2 amide bonds. The molecule has 3 aromatic heterocycles. The number of hydrogen-bond donors (Lipinski definition) is 2. The second-order valence-electron chi connectivity index (χ2n) is 9.06. The van der Waals surface area contributed by atoms with Gasteiger partial charge < -0.3 is 10.2 Å². The van der Waals surface area contributed by atoms with E-state index in [0.717, 1.165) is 31.9 Å². The van der Waals surface area contributed by atoms with Crippen molar-refractivity contribution in [2.75, 3.05) is 18.4 Å². The summed E-state index contributed by atoms with van der Waals surface area (Å²) < 4.78 is 14.3. The lowest BCUT2D eigenvalue weighted by Crippen LogP contribution is -2.36. The number of likely N-dealkylation sites (tertiary alicyclic amines) is 1. The minimum absolute atomic E-state index is 0.0858. The van der Waals surface area contributed by atoms with E-state index in [4.69, 9.17) is 4.84 Å². The number of carbonyl (C=O) groups is 2. The summed E-state index contributed by atoms with van der Waals surface area (Å²) in [7, 11) is 0. The summed E-state index contributed by atoms with van der Waals surface area (Å²) in [4.78, 5) is 46.1. The average molecular weight is 499 g/mol. The number of aromatic nitrogens is 3. The van der Waals surface area contributed by atoms with Gasteiger partial charge in [-0.3, -0.25) is 19.4 Å². The number of pyridine rings is 1. The summed E-state index contributed by atoms with van der Waals surface area (Å²) in [5.74, 6) is -0.901. The Labute approximate surface area is 206 Å². The van der Waals surface area contributed by atoms with Crippen molar-refractivity contribution in [2.45, 2.75) is 51.2 Å². The Morgan fingerprint density at radius 3 is 2.86 bits per heavy atom. The number of halogens is 1. The third-order valence-corrected chi connectivity index (χ3v) is 7.46. The minimum atomic E-state index is -0.428. The van der Waals surface area contributed by atoms with E-state index in [1.165, 1.54) is 17.4 Å². The molecule has 1 aliphatic heterocycles. The summed E-state index contributed by atoms with van der Waals surface area (Å²) in [6.07, 6.45) is 7.54. The fourth-order valence-corrected chi connectivity index (χ4v) is 5.37. The van der Waals surface area contributed by atoms with Crippen LogP contribution >= 0.6 is 11.3 Å². The van der Waals surface area contributed by atoms with Crippen LogP contribution in [0.1, 0.15) is 61.1 Å². The topological polar surface area (TPSA) is 109 Å². The van der Waals surface area contributed by atoms with Crippen LogP contribution in [-0.4, -0.2) is 50.9 Å². The van der Waals surface area contributed by atoms with Crippen molar-refractivity contribution in [2.24, 2.45) is 5.92 Å². The van der Waals surface area contributed by atoms with Crippen molar-refractivity contribution in [3.63, 3.8) is 0 Å². The Kier molecular flexibility index (Phi) is 6.87. The molecule has 2 N–H and O–H groups in total. The Bertz CT molecular complexity index is 1230. The van der Waals surface area contributed by atoms with Crippen LogP contribution in [0.4, 0.5) is 10.3 Å². The lowest BCUT2D eigenvalue weighted by atomic mass is 10.1. The molecule has 0 bridgehead atoms. The molecule has 9 nitrogen and oxygen atoms in total. The SMILES string of the molecule is C[C@H](Nc1nc(C(=O)N2CCC(C(=O)NOC3CCCC3)C2)c2sccc2n1)c1cncc(F)c1. The molecule has 3 aromatic rings. The summed E-state index contributed by atoms with van der Waals surface area (Å²) in [5.41, 5.74) is 4.18. The van der Waals surface area contributed by atoms with Gasteiger partial charge in [-0.1, -0.05) is 12.8 Å². The van der Waals surface area contributed by atoms with Gasteiger partial charge in [0, 0.05) is 19.3 Å². The van der Waals surface area contributed by atoms with Crippen molar-refractivity contribution in [3.8, 4) is 0 Å². The van der Waals surface area contributed by atoms with Crippen molar-refractivity contribution >= 4 is 39.3 Å².